The van der Waals surface area contributed by atoms with E-state index in [1.165, 1.54) is 29.3 Å². The van der Waals surface area contributed by atoms with Crippen LogP contribution in [0.4, 0.5) is 10.3 Å². The molecule has 1 atom stereocenters. The summed E-state index contributed by atoms with van der Waals surface area (Å²) < 4.78 is 16.3. The lowest BCUT2D eigenvalue weighted by molar-refractivity contribution is -0.119. The number of carbonyl (C=O) groups excluding carboxylic acids is 1. The maximum Gasteiger partial charge on any atom is 0.248 e. The maximum absolute atomic E-state index is 13.2. The van der Waals surface area contributed by atoms with Gasteiger partial charge < -0.3 is 0 Å². The SMILES string of the molecule is CC(Cn1cc(Cl)cn1)C(=O)Nc1ncn(Cc2cccc(F)c2)n1. The number of hydrogen-bond donors (Lipinski definition) is 1. The van der Waals surface area contributed by atoms with Crippen molar-refractivity contribution in [3.63, 3.8) is 0 Å². The first-order chi connectivity index (χ1) is 12.0. The van der Waals surface area contributed by atoms with E-state index < -0.39 is 0 Å². The molecule has 0 bridgehead atoms. The van der Waals surface area contributed by atoms with Gasteiger partial charge in [0.2, 0.25) is 11.9 Å². The van der Waals surface area contributed by atoms with Gasteiger partial charge in [0.25, 0.3) is 0 Å². The second kappa shape index (κ2) is 7.43. The average Bonchev–Trinajstić information content (AvgIpc) is 3.16. The van der Waals surface area contributed by atoms with Gasteiger partial charge in [0.15, 0.2) is 0 Å². The molecule has 0 radical (unpaired) electrons. The zero-order valence-electron chi connectivity index (χ0n) is 13.4. The van der Waals surface area contributed by atoms with Gasteiger partial charge in [-0.1, -0.05) is 30.7 Å². The molecular weight excluding hydrogens is 347 g/mol. The molecule has 0 fully saturated rings. The van der Waals surface area contributed by atoms with Crippen LogP contribution < -0.4 is 5.32 Å². The normalized spacial score (nSPS) is 12.1. The highest BCUT2D eigenvalue weighted by Gasteiger charge is 2.16. The Bertz CT molecular complexity index is 877. The van der Waals surface area contributed by atoms with Crippen molar-refractivity contribution >= 4 is 23.5 Å². The second-order valence-corrected chi connectivity index (χ2v) is 6.10. The number of rotatable bonds is 6. The summed E-state index contributed by atoms with van der Waals surface area (Å²) in [6.45, 7) is 2.53. The van der Waals surface area contributed by atoms with Crippen molar-refractivity contribution in [1.29, 1.82) is 0 Å². The van der Waals surface area contributed by atoms with Crippen LogP contribution in [0.25, 0.3) is 0 Å². The molecule has 25 heavy (non-hydrogen) atoms. The van der Waals surface area contributed by atoms with E-state index in [-0.39, 0.29) is 23.6 Å². The van der Waals surface area contributed by atoms with Gasteiger partial charge in [-0.2, -0.15) is 5.10 Å². The quantitative estimate of drug-likeness (QED) is 0.731. The van der Waals surface area contributed by atoms with Crippen LogP contribution in [0.5, 0.6) is 0 Å². The van der Waals surface area contributed by atoms with Gasteiger partial charge in [-0.25, -0.2) is 14.1 Å². The highest BCUT2D eigenvalue weighted by Crippen LogP contribution is 2.10. The van der Waals surface area contributed by atoms with E-state index in [1.807, 2.05) is 0 Å². The summed E-state index contributed by atoms with van der Waals surface area (Å²) in [6, 6.07) is 6.23. The number of aromatic nitrogens is 5. The molecule has 9 heteroatoms. The third kappa shape index (κ3) is 4.63. The Kier molecular flexibility index (Phi) is 5.08. The van der Waals surface area contributed by atoms with Crippen molar-refractivity contribution in [2.75, 3.05) is 5.32 Å². The van der Waals surface area contributed by atoms with Crippen LogP contribution in [0.3, 0.4) is 0 Å². The third-order valence-electron chi connectivity index (χ3n) is 3.52. The van der Waals surface area contributed by atoms with E-state index in [0.717, 1.165) is 5.56 Å². The van der Waals surface area contributed by atoms with Crippen LogP contribution in [-0.2, 0) is 17.9 Å². The number of amides is 1. The number of anilines is 1. The zero-order chi connectivity index (χ0) is 17.8. The summed E-state index contributed by atoms with van der Waals surface area (Å²) in [5.41, 5.74) is 0.756. The Balaban J connectivity index is 1.57. The lowest BCUT2D eigenvalue weighted by Crippen LogP contribution is -2.25. The summed E-state index contributed by atoms with van der Waals surface area (Å²) in [5.74, 6) is -0.674. The van der Waals surface area contributed by atoms with E-state index in [0.29, 0.717) is 18.1 Å². The van der Waals surface area contributed by atoms with Crippen LogP contribution in [-0.4, -0.2) is 30.5 Å². The molecule has 0 saturated carbocycles. The minimum atomic E-state index is -0.342. The van der Waals surface area contributed by atoms with Gasteiger partial charge in [0, 0.05) is 6.20 Å². The minimum absolute atomic E-state index is 0.201. The van der Waals surface area contributed by atoms with E-state index in [9.17, 15) is 9.18 Å². The first-order valence-electron chi connectivity index (χ1n) is 7.62. The molecule has 1 amide bonds. The minimum Gasteiger partial charge on any atom is -0.293 e. The van der Waals surface area contributed by atoms with Crippen molar-refractivity contribution in [2.24, 2.45) is 5.92 Å². The molecule has 130 valence electrons. The molecule has 1 aromatic carbocycles. The van der Waals surface area contributed by atoms with Crippen molar-refractivity contribution in [1.82, 2.24) is 24.5 Å². The summed E-state index contributed by atoms with van der Waals surface area (Å²) in [7, 11) is 0. The van der Waals surface area contributed by atoms with Gasteiger partial charge in [-0.3, -0.25) is 14.8 Å². The Morgan fingerprint density at radius 1 is 1.40 bits per heavy atom. The first kappa shape index (κ1) is 17.1. The highest BCUT2D eigenvalue weighted by molar-refractivity contribution is 6.30. The third-order valence-corrected chi connectivity index (χ3v) is 3.71. The molecule has 1 N–H and O–H groups in total. The lowest BCUT2D eigenvalue weighted by Gasteiger charge is -2.10. The molecule has 0 aliphatic carbocycles. The Hall–Kier alpha value is -2.74. The molecule has 7 nitrogen and oxygen atoms in total. The largest absolute Gasteiger partial charge is 0.293 e. The van der Waals surface area contributed by atoms with Gasteiger partial charge in [0.05, 0.1) is 30.2 Å². The predicted octanol–water partition coefficient (Wildman–Crippen LogP) is 2.59. The van der Waals surface area contributed by atoms with E-state index >= 15 is 0 Å². The number of carbonyl (C=O) groups is 1. The molecule has 2 aromatic heterocycles. The van der Waals surface area contributed by atoms with E-state index in [2.05, 4.69) is 20.5 Å². The molecule has 3 rings (SSSR count). The molecule has 0 aliphatic heterocycles. The van der Waals surface area contributed by atoms with Gasteiger partial charge in [-0.05, 0) is 17.7 Å². The topological polar surface area (TPSA) is 77.6 Å². The second-order valence-electron chi connectivity index (χ2n) is 5.67. The summed E-state index contributed by atoms with van der Waals surface area (Å²) in [5, 5.41) is 11.4. The summed E-state index contributed by atoms with van der Waals surface area (Å²) in [4.78, 5) is 16.3. The lowest BCUT2D eigenvalue weighted by atomic mass is 10.1. The molecule has 2 heterocycles. The average molecular weight is 363 g/mol. The number of hydrogen-bond acceptors (Lipinski definition) is 4. The smallest absolute Gasteiger partial charge is 0.248 e. The van der Waals surface area contributed by atoms with Crippen LogP contribution >= 0.6 is 11.6 Å². The highest BCUT2D eigenvalue weighted by atomic mass is 35.5. The Morgan fingerprint density at radius 3 is 2.96 bits per heavy atom. The number of nitrogens with one attached hydrogen (secondary N) is 1. The molecule has 0 aliphatic rings. The van der Waals surface area contributed by atoms with Crippen molar-refractivity contribution in [2.45, 2.75) is 20.0 Å². The fourth-order valence-corrected chi connectivity index (χ4v) is 2.44. The Morgan fingerprint density at radius 2 is 2.24 bits per heavy atom. The molecule has 0 saturated heterocycles. The van der Waals surface area contributed by atoms with E-state index in [4.69, 9.17) is 11.6 Å². The van der Waals surface area contributed by atoms with E-state index in [1.54, 1.807) is 29.9 Å². The van der Waals surface area contributed by atoms with Crippen molar-refractivity contribution in [3.05, 3.63) is 59.4 Å². The van der Waals surface area contributed by atoms with Gasteiger partial charge in [0.1, 0.15) is 12.1 Å². The fourth-order valence-electron chi connectivity index (χ4n) is 2.29. The van der Waals surface area contributed by atoms with Gasteiger partial charge >= 0.3 is 0 Å². The fraction of sp³-hybridized carbons (Fsp3) is 0.250. The zero-order valence-corrected chi connectivity index (χ0v) is 14.2. The predicted molar refractivity (Wildman–Crippen MR) is 90.6 cm³/mol. The summed E-state index contributed by atoms with van der Waals surface area (Å²) >= 11 is 5.80. The Labute approximate surface area is 148 Å². The number of halogens is 2. The van der Waals surface area contributed by atoms with Crippen LogP contribution in [0, 0.1) is 11.7 Å². The standard InChI is InChI=1S/C16H16ClFN6O/c1-11(7-23-9-13(17)6-20-23)15(25)21-16-19-10-24(22-16)8-12-3-2-4-14(18)5-12/h2-6,9-11H,7-8H2,1H3,(H,21,22,25). The molecule has 3 aromatic rings. The summed E-state index contributed by atoms with van der Waals surface area (Å²) in [6.07, 6.45) is 4.65. The van der Waals surface area contributed by atoms with Crippen LogP contribution in [0.2, 0.25) is 5.02 Å². The molecule has 1 unspecified atom stereocenters. The molecular formula is C16H16ClFN6O. The number of nitrogens with zero attached hydrogens (tertiary/aromatic N) is 5. The maximum atomic E-state index is 13.2. The monoisotopic (exact) mass is 362 g/mol. The van der Waals surface area contributed by atoms with Crippen LogP contribution in [0.1, 0.15) is 12.5 Å². The molecule has 0 spiro atoms. The van der Waals surface area contributed by atoms with Crippen molar-refractivity contribution in [3.8, 4) is 0 Å². The van der Waals surface area contributed by atoms with Crippen molar-refractivity contribution < 1.29 is 9.18 Å². The first-order valence-corrected chi connectivity index (χ1v) is 8.00. The van der Waals surface area contributed by atoms with Crippen LogP contribution in [0.15, 0.2) is 43.0 Å². The number of benzene rings is 1. The van der Waals surface area contributed by atoms with Gasteiger partial charge in [-0.15, -0.1) is 5.10 Å².